The van der Waals surface area contributed by atoms with Crippen LogP contribution in [0.5, 0.6) is 0 Å². The number of ether oxygens (including phenoxy) is 5. The van der Waals surface area contributed by atoms with Gasteiger partial charge in [0, 0.05) is 19.3 Å². The van der Waals surface area contributed by atoms with E-state index in [-0.39, 0.29) is 32.5 Å². The second-order valence-electron chi connectivity index (χ2n) is 33.3. The first kappa shape index (κ1) is 111. The van der Waals surface area contributed by atoms with Crippen molar-refractivity contribution in [3.05, 3.63) is 24.7 Å². The first-order valence-corrected chi connectivity index (χ1v) is 51.7. The Morgan fingerprint density at radius 1 is 0.230 bits per heavy atom. The van der Waals surface area contributed by atoms with E-state index in [2.05, 4.69) is 34.6 Å². The fourth-order valence-corrected chi connectivity index (χ4v) is 16.2. The Bertz CT molecular complexity index is 2030. The molecule has 2 unspecified atom stereocenters. The average molecular weight is 1640 g/mol. The molecular formula is C95H184O16P2. The quantitative estimate of drug-likeness (QED) is 0.0191. The predicted molar refractivity (Wildman–Crippen MR) is 473 cm³/mol. The van der Waals surface area contributed by atoms with Crippen molar-refractivity contribution in [3.63, 3.8) is 0 Å². The molecule has 4 atom stereocenters. The third kappa shape index (κ3) is 87.4. The van der Waals surface area contributed by atoms with Gasteiger partial charge >= 0.3 is 33.6 Å². The number of hydrogen-bond acceptors (Lipinski definition) is 14. The number of rotatable bonds is 95. The zero-order valence-corrected chi connectivity index (χ0v) is 76.4. The molecule has 18 heteroatoms. The van der Waals surface area contributed by atoms with Crippen LogP contribution in [-0.4, -0.2) is 85.6 Å². The third-order valence-corrected chi connectivity index (χ3v) is 23.8. The molecule has 113 heavy (non-hydrogen) atoms. The van der Waals surface area contributed by atoms with Gasteiger partial charge in [0.1, 0.15) is 19.3 Å². The summed E-state index contributed by atoms with van der Waals surface area (Å²) in [5.74, 6) is -1.58. The summed E-state index contributed by atoms with van der Waals surface area (Å²) in [4.78, 5) is 62.5. The lowest BCUT2D eigenvalue weighted by molar-refractivity contribution is -0.154. The Morgan fingerprint density at radius 3 is 0.558 bits per heavy atom. The van der Waals surface area contributed by atoms with Gasteiger partial charge in [0.15, 0.2) is 12.2 Å². The predicted octanol–water partition coefficient (Wildman–Crippen LogP) is 31.0. The molecule has 0 amide bonds. The summed E-state index contributed by atoms with van der Waals surface area (Å²) in [7, 11) is -9.95. The Labute approximate surface area is 697 Å². The van der Waals surface area contributed by atoms with Crippen LogP contribution in [0.1, 0.15) is 510 Å². The van der Waals surface area contributed by atoms with E-state index in [1.54, 1.807) is 12.5 Å². The van der Waals surface area contributed by atoms with Crippen LogP contribution in [0.3, 0.4) is 0 Å². The van der Waals surface area contributed by atoms with Crippen molar-refractivity contribution in [3.8, 4) is 0 Å². The summed E-state index contributed by atoms with van der Waals surface area (Å²) in [6, 6.07) is 0. The molecule has 0 aromatic heterocycles. The first-order chi connectivity index (χ1) is 55.3. The van der Waals surface area contributed by atoms with Gasteiger partial charge < -0.3 is 33.5 Å². The second kappa shape index (κ2) is 89.0. The minimum Gasteiger partial charge on any atom is -0.498 e. The van der Waals surface area contributed by atoms with E-state index in [4.69, 9.17) is 41.8 Å². The second-order valence-corrected chi connectivity index (χ2v) is 36.2. The molecule has 0 bridgehead atoms. The molecule has 670 valence electrons. The van der Waals surface area contributed by atoms with Crippen molar-refractivity contribution < 1.29 is 75.1 Å². The molecule has 0 aliphatic carbocycles. The van der Waals surface area contributed by atoms with Crippen LogP contribution >= 0.6 is 15.6 Å². The number of unbranched alkanes of at least 4 members (excludes halogenated alkanes) is 66. The molecule has 0 aromatic carbocycles. The maximum atomic E-state index is 13.7. The standard InChI is InChI=1S/C95H184O16P2/c1-6-11-16-21-26-31-36-41-46-49-54-59-64-69-74-79-93(96)109-90(84-103-82-77-72-67-62-57-52-44-39-34-29-24-19-14-9-4)86-105-112(99,100)107-88-92(111-95(98)81-76-71-66-61-56-51-48-43-38-33-28-23-18-13-8-3)89-108-113(101,102)106-87-91(85-104-83-78-73-68-63-58-53-45-40-35-30-25-20-15-10-5)110-94(97)80-75-70-65-60-55-50-47-42-37-32-27-22-17-12-7-2/h77-78,82-83,90-92H,6-76,79-81,84-89H2,1-5H3,(H,99,100)(H,101,102)/b82-77-,83-78-/t90-,91-/m1/s1. The van der Waals surface area contributed by atoms with E-state index in [0.29, 0.717) is 19.3 Å². The fraction of sp³-hybridized carbons (Fsp3) is 0.926. The molecule has 0 aliphatic rings. The number of allylic oxidation sites excluding steroid dienone is 2. The topological polar surface area (TPSA) is 209 Å². The van der Waals surface area contributed by atoms with E-state index >= 15 is 0 Å². The molecule has 0 aromatic rings. The van der Waals surface area contributed by atoms with Crippen molar-refractivity contribution in [1.82, 2.24) is 0 Å². The van der Waals surface area contributed by atoms with E-state index in [1.165, 1.54) is 334 Å². The number of carbonyl (C=O) groups excluding carboxylic acids is 3. The number of hydrogen-bond donors (Lipinski definition) is 2. The summed E-state index contributed by atoms with van der Waals surface area (Å²) in [6.07, 6.45) is 89.4. The maximum absolute atomic E-state index is 13.7. The first-order valence-electron chi connectivity index (χ1n) is 48.7. The minimum absolute atomic E-state index is 0.0375. The normalized spacial score (nSPS) is 13.7. The summed E-state index contributed by atoms with van der Waals surface area (Å²) < 4.78 is 78.4. The highest BCUT2D eigenvalue weighted by molar-refractivity contribution is 7.47. The highest BCUT2D eigenvalue weighted by Crippen LogP contribution is 2.46. The van der Waals surface area contributed by atoms with Crippen LogP contribution in [-0.2, 0) is 65.3 Å². The molecule has 0 saturated carbocycles. The Hall–Kier alpha value is -2.29. The number of phosphoric ester groups is 2. The zero-order chi connectivity index (χ0) is 82.2. The van der Waals surface area contributed by atoms with Gasteiger partial charge in [-0.05, 0) is 57.1 Å². The molecule has 0 rings (SSSR count). The molecule has 0 saturated heterocycles. The molecule has 0 aliphatic heterocycles. The largest absolute Gasteiger partial charge is 0.498 e. The van der Waals surface area contributed by atoms with E-state index in [9.17, 15) is 33.3 Å². The van der Waals surface area contributed by atoms with Gasteiger partial charge in [-0.2, -0.15) is 0 Å². The van der Waals surface area contributed by atoms with Gasteiger partial charge in [0.25, 0.3) is 0 Å². The van der Waals surface area contributed by atoms with Crippen LogP contribution in [0.4, 0.5) is 0 Å². The average Bonchev–Trinajstić information content (AvgIpc) is 0.890. The maximum Gasteiger partial charge on any atom is 0.472 e. The molecule has 2 N–H and O–H groups in total. The third-order valence-electron chi connectivity index (χ3n) is 21.9. The highest BCUT2D eigenvalue weighted by Gasteiger charge is 2.32. The minimum atomic E-state index is -4.97. The van der Waals surface area contributed by atoms with Gasteiger partial charge in [-0.3, -0.25) is 32.5 Å². The molecule has 0 fully saturated rings. The van der Waals surface area contributed by atoms with Gasteiger partial charge in [-0.25, -0.2) is 9.13 Å². The van der Waals surface area contributed by atoms with Gasteiger partial charge in [-0.1, -0.05) is 446 Å². The van der Waals surface area contributed by atoms with Crippen molar-refractivity contribution in [2.24, 2.45) is 0 Å². The highest BCUT2D eigenvalue weighted by atomic mass is 31.2. The molecule has 16 nitrogen and oxygen atoms in total. The lowest BCUT2D eigenvalue weighted by Crippen LogP contribution is -2.30. The molecule has 0 radical (unpaired) electrons. The summed E-state index contributed by atoms with van der Waals surface area (Å²) in [6.45, 7) is 8.38. The van der Waals surface area contributed by atoms with E-state index in [1.807, 2.05) is 12.2 Å². The lowest BCUT2D eigenvalue weighted by Gasteiger charge is -2.23. The van der Waals surface area contributed by atoms with Crippen molar-refractivity contribution in [2.75, 3.05) is 39.6 Å². The van der Waals surface area contributed by atoms with Crippen molar-refractivity contribution in [1.29, 1.82) is 0 Å². The Kier molecular flexibility index (Phi) is 87.2. The van der Waals surface area contributed by atoms with Crippen molar-refractivity contribution >= 4 is 33.6 Å². The zero-order valence-electron chi connectivity index (χ0n) is 74.6. The van der Waals surface area contributed by atoms with Crippen LogP contribution in [0, 0.1) is 0 Å². The van der Waals surface area contributed by atoms with E-state index < -0.39 is 78.3 Å². The van der Waals surface area contributed by atoms with Crippen molar-refractivity contribution in [2.45, 2.75) is 528 Å². The number of esters is 3. The van der Waals surface area contributed by atoms with Crippen LogP contribution in [0.2, 0.25) is 0 Å². The monoisotopic (exact) mass is 1640 g/mol. The fourth-order valence-electron chi connectivity index (χ4n) is 14.6. The molecular weight excluding hydrogens is 1460 g/mol. The Morgan fingerprint density at radius 2 is 0.381 bits per heavy atom. The van der Waals surface area contributed by atoms with Gasteiger partial charge in [0.2, 0.25) is 0 Å². The number of carbonyl (C=O) groups is 3. The molecule has 0 spiro atoms. The smallest absolute Gasteiger partial charge is 0.472 e. The van der Waals surface area contributed by atoms with E-state index in [0.717, 1.165) is 103 Å². The van der Waals surface area contributed by atoms with Gasteiger partial charge in [-0.15, -0.1) is 0 Å². The van der Waals surface area contributed by atoms with Crippen LogP contribution in [0.15, 0.2) is 24.7 Å². The number of phosphoric acid groups is 2. The van der Waals surface area contributed by atoms with Crippen LogP contribution < -0.4 is 0 Å². The lowest BCUT2D eigenvalue weighted by atomic mass is 10.0. The molecule has 0 heterocycles. The SMILES string of the molecule is CCCCCCCCCCCCCC/C=C\OC[C@H](COP(=O)(O)OCC(COP(=O)(O)OC[C@@H](CO/C=C\CCCCCCCCCCCCCC)OC(=O)CCCCCCCCCCCCCCCCC)OC(=O)CCCCCCCCCCCCCCCCC)OC(=O)CCCCCCCCCCCCCCCCC. The summed E-state index contributed by atoms with van der Waals surface area (Å²) >= 11 is 0. The van der Waals surface area contributed by atoms with Crippen LogP contribution in [0.25, 0.3) is 0 Å². The Balaban J connectivity index is 6.04. The summed E-state index contributed by atoms with van der Waals surface area (Å²) in [5, 5.41) is 0. The van der Waals surface area contributed by atoms with Gasteiger partial charge in [0.05, 0.1) is 39.0 Å². The summed E-state index contributed by atoms with van der Waals surface area (Å²) in [5.41, 5.74) is 0.